The summed E-state index contributed by atoms with van der Waals surface area (Å²) in [6, 6.07) is 17.0. The molecule has 3 heterocycles. The van der Waals surface area contributed by atoms with Gasteiger partial charge in [-0.2, -0.15) is 5.10 Å². The van der Waals surface area contributed by atoms with Crippen LogP contribution in [0.1, 0.15) is 29.1 Å². The minimum atomic E-state index is -0.196. The number of nitrogens with zero attached hydrogens (tertiary/aromatic N) is 6. The highest BCUT2D eigenvalue weighted by atomic mass is 16.2. The minimum Gasteiger partial charge on any atom is -0.332 e. The number of carbonyl (C=O) groups is 1. The third kappa shape index (κ3) is 3.39. The summed E-state index contributed by atoms with van der Waals surface area (Å²) in [7, 11) is 1.75. The molecular formula is C20H19N7O. The van der Waals surface area contributed by atoms with Crippen LogP contribution in [0.15, 0.2) is 67.3 Å². The van der Waals surface area contributed by atoms with Gasteiger partial charge in [0.05, 0.1) is 17.4 Å². The number of pyridine rings is 1. The van der Waals surface area contributed by atoms with Crippen molar-refractivity contribution in [3.63, 3.8) is 0 Å². The van der Waals surface area contributed by atoms with E-state index in [0.717, 1.165) is 17.0 Å². The molecule has 1 amide bonds. The van der Waals surface area contributed by atoms with Gasteiger partial charge in [-0.1, -0.05) is 36.4 Å². The Bertz CT molecular complexity index is 1070. The highest BCUT2D eigenvalue weighted by molar-refractivity contribution is 5.92. The summed E-state index contributed by atoms with van der Waals surface area (Å²) in [4.78, 5) is 19.0. The standard InChI is InChI=1S/C20H19N7O/c1-14(17-11-18(25-24-17)15-7-4-3-5-8-15)26(2)20(28)16-9-6-10-19(23-16)27-12-21-22-13-27/h3-14H,1-2H3,(H,24,25)/t14-/m0/s1. The summed E-state index contributed by atoms with van der Waals surface area (Å²) in [6.45, 7) is 1.95. The van der Waals surface area contributed by atoms with Gasteiger partial charge in [0.2, 0.25) is 0 Å². The van der Waals surface area contributed by atoms with Crippen LogP contribution in [0.4, 0.5) is 0 Å². The first-order valence-electron chi connectivity index (χ1n) is 8.83. The van der Waals surface area contributed by atoms with E-state index < -0.39 is 0 Å². The lowest BCUT2D eigenvalue weighted by Gasteiger charge is -2.23. The van der Waals surface area contributed by atoms with E-state index in [1.807, 2.05) is 43.3 Å². The highest BCUT2D eigenvalue weighted by Crippen LogP contribution is 2.24. The lowest BCUT2D eigenvalue weighted by molar-refractivity contribution is 0.0733. The van der Waals surface area contributed by atoms with Crippen molar-refractivity contribution in [1.29, 1.82) is 0 Å². The zero-order valence-corrected chi connectivity index (χ0v) is 15.5. The molecule has 1 aromatic carbocycles. The molecule has 0 aliphatic heterocycles. The molecule has 4 aromatic rings. The van der Waals surface area contributed by atoms with Crippen molar-refractivity contribution in [2.45, 2.75) is 13.0 Å². The van der Waals surface area contributed by atoms with E-state index in [1.54, 1.807) is 47.4 Å². The fourth-order valence-electron chi connectivity index (χ4n) is 2.88. The van der Waals surface area contributed by atoms with Crippen molar-refractivity contribution >= 4 is 5.91 Å². The van der Waals surface area contributed by atoms with E-state index in [-0.39, 0.29) is 11.9 Å². The molecule has 0 unspecified atom stereocenters. The Labute approximate surface area is 161 Å². The van der Waals surface area contributed by atoms with Crippen LogP contribution < -0.4 is 0 Å². The van der Waals surface area contributed by atoms with E-state index in [1.165, 1.54) is 0 Å². The van der Waals surface area contributed by atoms with Gasteiger partial charge in [-0.25, -0.2) is 4.98 Å². The first kappa shape index (κ1) is 17.6. The van der Waals surface area contributed by atoms with Gasteiger partial charge in [-0.05, 0) is 25.1 Å². The van der Waals surface area contributed by atoms with Crippen molar-refractivity contribution in [3.8, 4) is 17.1 Å². The van der Waals surface area contributed by atoms with Crippen LogP contribution >= 0.6 is 0 Å². The number of aromatic amines is 1. The first-order chi connectivity index (χ1) is 13.6. The number of nitrogens with one attached hydrogen (secondary N) is 1. The molecule has 0 radical (unpaired) electrons. The number of benzene rings is 1. The van der Waals surface area contributed by atoms with Crippen LogP contribution in [0.5, 0.6) is 0 Å². The Hall–Kier alpha value is -3.81. The summed E-state index contributed by atoms with van der Waals surface area (Å²) in [5.41, 5.74) is 3.07. The average Bonchev–Trinajstić information content (AvgIpc) is 3.45. The largest absolute Gasteiger partial charge is 0.332 e. The fourth-order valence-corrected chi connectivity index (χ4v) is 2.88. The summed E-state index contributed by atoms with van der Waals surface area (Å²) in [6.07, 6.45) is 3.08. The Morgan fingerprint density at radius 2 is 1.82 bits per heavy atom. The molecule has 0 aliphatic rings. The third-order valence-corrected chi connectivity index (χ3v) is 4.66. The van der Waals surface area contributed by atoms with Crippen LogP contribution in [-0.2, 0) is 0 Å². The second-order valence-electron chi connectivity index (χ2n) is 6.42. The van der Waals surface area contributed by atoms with Crippen LogP contribution in [0.3, 0.4) is 0 Å². The Morgan fingerprint density at radius 3 is 2.57 bits per heavy atom. The van der Waals surface area contributed by atoms with Crippen molar-refractivity contribution in [2.75, 3.05) is 7.05 Å². The molecule has 0 fully saturated rings. The quantitative estimate of drug-likeness (QED) is 0.581. The van der Waals surface area contributed by atoms with Gasteiger partial charge in [0, 0.05) is 12.6 Å². The normalized spacial score (nSPS) is 11.9. The number of rotatable bonds is 5. The predicted molar refractivity (Wildman–Crippen MR) is 104 cm³/mol. The van der Waals surface area contributed by atoms with Crippen molar-refractivity contribution in [1.82, 2.24) is 34.8 Å². The van der Waals surface area contributed by atoms with Crippen LogP contribution in [0.25, 0.3) is 17.1 Å². The first-order valence-corrected chi connectivity index (χ1v) is 8.83. The van der Waals surface area contributed by atoms with E-state index >= 15 is 0 Å². The maximum Gasteiger partial charge on any atom is 0.272 e. The summed E-state index contributed by atoms with van der Waals surface area (Å²) in [5.74, 6) is 0.406. The molecule has 140 valence electrons. The molecule has 4 rings (SSSR count). The van der Waals surface area contributed by atoms with Crippen molar-refractivity contribution in [2.24, 2.45) is 0 Å². The Balaban J connectivity index is 1.54. The Kier molecular flexibility index (Phi) is 4.67. The number of hydrogen-bond acceptors (Lipinski definition) is 5. The lowest BCUT2D eigenvalue weighted by Crippen LogP contribution is -2.30. The maximum absolute atomic E-state index is 12.9. The lowest BCUT2D eigenvalue weighted by atomic mass is 10.1. The minimum absolute atomic E-state index is 0.182. The van der Waals surface area contributed by atoms with Gasteiger partial charge in [0.15, 0.2) is 0 Å². The molecule has 0 saturated carbocycles. The average molecular weight is 373 g/mol. The molecule has 0 aliphatic carbocycles. The molecular weight excluding hydrogens is 354 g/mol. The monoisotopic (exact) mass is 373 g/mol. The summed E-state index contributed by atoms with van der Waals surface area (Å²) >= 11 is 0. The molecule has 0 saturated heterocycles. The topological polar surface area (TPSA) is 92.6 Å². The van der Waals surface area contributed by atoms with Crippen LogP contribution in [0.2, 0.25) is 0 Å². The molecule has 8 nitrogen and oxygen atoms in total. The molecule has 28 heavy (non-hydrogen) atoms. The van der Waals surface area contributed by atoms with E-state index in [4.69, 9.17) is 0 Å². The van der Waals surface area contributed by atoms with E-state index in [9.17, 15) is 4.79 Å². The second-order valence-corrected chi connectivity index (χ2v) is 6.42. The fraction of sp³-hybridized carbons (Fsp3) is 0.150. The van der Waals surface area contributed by atoms with Crippen molar-refractivity contribution < 1.29 is 4.79 Å². The second kappa shape index (κ2) is 7.43. The maximum atomic E-state index is 12.9. The zero-order chi connectivity index (χ0) is 19.5. The molecule has 3 aromatic heterocycles. The number of carbonyl (C=O) groups excluding carboxylic acids is 1. The van der Waals surface area contributed by atoms with Crippen molar-refractivity contribution in [3.05, 3.63) is 78.6 Å². The summed E-state index contributed by atoms with van der Waals surface area (Å²) < 4.78 is 1.65. The predicted octanol–water partition coefficient (Wildman–Crippen LogP) is 2.89. The molecule has 8 heteroatoms. The smallest absolute Gasteiger partial charge is 0.272 e. The summed E-state index contributed by atoms with van der Waals surface area (Å²) in [5, 5.41) is 15.0. The molecule has 1 N–H and O–H groups in total. The third-order valence-electron chi connectivity index (χ3n) is 4.66. The van der Waals surface area contributed by atoms with Gasteiger partial charge >= 0.3 is 0 Å². The van der Waals surface area contributed by atoms with Crippen LogP contribution in [-0.4, -0.2) is 47.8 Å². The SMILES string of the molecule is C[C@@H](c1cc(-c2ccccc2)n[nH]1)N(C)C(=O)c1cccc(-n2cnnc2)n1. The van der Waals surface area contributed by atoms with E-state index in [0.29, 0.717) is 11.5 Å². The number of amides is 1. The van der Waals surface area contributed by atoms with Gasteiger partial charge in [-0.3, -0.25) is 14.5 Å². The van der Waals surface area contributed by atoms with Gasteiger partial charge in [-0.15, -0.1) is 10.2 Å². The Morgan fingerprint density at radius 1 is 1.07 bits per heavy atom. The van der Waals surface area contributed by atoms with E-state index in [2.05, 4.69) is 25.4 Å². The van der Waals surface area contributed by atoms with Gasteiger partial charge in [0.25, 0.3) is 5.91 Å². The molecule has 0 bridgehead atoms. The van der Waals surface area contributed by atoms with Gasteiger partial charge in [0.1, 0.15) is 24.2 Å². The molecule has 0 spiro atoms. The number of aromatic nitrogens is 6. The molecule has 1 atom stereocenters. The van der Waals surface area contributed by atoms with Crippen LogP contribution in [0, 0.1) is 0 Å². The number of H-pyrrole nitrogens is 1. The van der Waals surface area contributed by atoms with Gasteiger partial charge < -0.3 is 4.90 Å². The number of hydrogen-bond donors (Lipinski definition) is 1. The highest BCUT2D eigenvalue weighted by Gasteiger charge is 2.22. The zero-order valence-electron chi connectivity index (χ0n) is 15.5.